The van der Waals surface area contributed by atoms with Crippen molar-refractivity contribution >= 4 is 23.3 Å². The Balaban J connectivity index is 2.13. The quantitative estimate of drug-likeness (QED) is 0.283. The summed E-state index contributed by atoms with van der Waals surface area (Å²) in [5.41, 5.74) is 0.853. The molecule has 0 aliphatic rings. The maximum absolute atomic E-state index is 12.6. The van der Waals surface area contributed by atoms with Crippen LogP contribution in [0, 0.1) is 21.6 Å². The maximum Gasteiger partial charge on any atom is 0.319 e. The van der Waals surface area contributed by atoms with Crippen LogP contribution in [0.15, 0.2) is 48.5 Å². The molecule has 150 valence electrons. The highest BCUT2D eigenvalue weighted by atomic mass is 16.6. The molecule has 2 aromatic rings. The maximum atomic E-state index is 12.6. The van der Waals surface area contributed by atoms with Crippen LogP contribution in [0.1, 0.15) is 12.5 Å². The van der Waals surface area contributed by atoms with Crippen LogP contribution in [-0.2, 0) is 11.2 Å². The average molecular weight is 397 g/mol. The van der Waals surface area contributed by atoms with E-state index in [4.69, 9.17) is 5.26 Å². The summed E-state index contributed by atoms with van der Waals surface area (Å²) in [5, 5.41) is 34.2. The number of nitro groups is 1. The summed E-state index contributed by atoms with van der Waals surface area (Å²) in [5.74, 6) is -0.519. The van der Waals surface area contributed by atoms with Gasteiger partial charge in [-0.2, -0.15) is 5.26 Å². The zero-order valence-electron chi connectivity index (χ0n) is 15.5. The van der Waals surface area contributed by atoms with Gasteiger partial charge in [0.1, 0.15) is 11.8 Å². The van der Waals surface area contributed by atoms with Gasteiger partial charge in [0, 0.05) is 30.8 Å². The van der Waals surface area contributed by atoms with E-state index >= 15 is 0 Å². The number of rotatable bonds is 7. The fraction of sp³-hybridized carbons (Fsp3) is 0.211. The van der Waals surface area contributed by atoms with E-state index in [9.17, 15) is 24.8 Å². The van der Waals surface area contributed by atoms with E-state index in [0.717, 1.165) is 4.90 Å². The number of nitrogens with zero attached hydrogens (tertiary/aromatic N) is 3. The Labute approximate surface area is 166 Å². The van der Waals surface area contributed by atoms with Crippen LogP contribution in [-0.4, -0.2) is 39.5 Å². The molecule has 1 atom stereocenters. The average Bonchev–Trinajstić information content (AvgIpc) is 2.70. The van der Waals surface area contributed by atoms with Gasteiger partial charge < -0.3 is 15.7 Å². The standard InChI is InChI=1S/C19H19N5O5/c1-2-23(12-20)18(26)17(11-13-3-9-16(25)10-4-13)22-19(27)21-14-5-7-15(8-6-14)24(28)29/h3-10,17,25H,2,11H2,1H3,(H2,21,22,27). The Kier molecular flexibility index (Phi) is 7.08. The number of hydrogen-bond acceptors (Lipinski definition) is 6. The number of hydrogen-bond donors (Lipinski definition) is 3. The number of likely N-dealkylation sites (N-methyl/N-ethyl adjacent to an activating group) is 1. The topological polar surface area (TPSA) is 149 Å². The third-order valence-electron chi connectivity index (χ3n) is 4.02. The Morgan fingerprint density at radius 3 is 2.34 bits per heavy atom. The molecule has 0 radical (unpaired) electrons. The highest BCUT2D eigenvalue weighted by Crippen LogP contribution is 2.16. The minimum Gasteiger partial charge on any atom is -0.508 e. The minimum absolute atomic E-state index is 0.0627. The second-order valence-corrected chi connectivity index (χ2v) is 6.01. The first-order valence-electron chi connectivity index (χ1n) is 8.65. The Hall–Kier alpha value is -4.13. The zero-order chi connectivity index (χ0) is 21.4. The van der Waals surface area contributed by atoms with Crippen LogP contribution in [0.2, 0.25) is 0 Å². The third-order valence-corrected chi connectivity index (χ3v) is 4.02. The molecule has 3 N–H and O–H groups in total. The van der Waals surface area contributed by atoms with E-state index in [1.807, 2.05) is 0 Å². The van der Waals surface area contributed by atoms with Crippen molar-refractivity contribution in [1.82, 2.24) is 10.2 Å². The van der Waals surface area contributed by atoms with Crippen molar-refractivity contribution in [2.24, 2.45) is 0 Å². The van der Waals surface area contributed by atoms with Gasteiger partial charge >= 0.3 is 6.03 Å². The Morgan fingerprint density at radius 1 is 1.21 bits per heavy atom. The molecule has 0 saturated carbocycles. The predicted molar refractivity (Wildman–Crippen MR) is 104 cm³/mol. The molecule has 0 saturated heterocycles. The lowest BCUT2D eigenvalue weighted by Crippen LogP contribution is -2.49. The number of aromatic hydroxyl groups is 1. The van der Waals surface area contributed by atoms with E-state index < -0.39 is 22.9 Å². The largest absolute Gasteiger partial charge is 0.508 e. The number of urea groups is 1. The molecule has 0 fully saturated rings. The van der Waals surface area contributed by atoms with Crippen LogP contribution in [0.3, 0.4) is 0 Å². The molecule has 0 aromatic heterocycles. The van der Waals surface area contributed by atoms with Crippen molar-refractivity contribution < 1.29 is 19.6 Å². The van der Waals surface area contributed by atoms with Gasteiger partial charge in [-0.05, 0) is 36.8 Å². The minimum atomic E-state index is -1.03. The predicted octanol–water partition coefficient (Wildman–Crippen LogP) is 2.36. The molecule has 2 aromatic carbocycles. The summed E-state index contributed by atoms with van der Waals surface area (Å²) in [6.07, 6.45) is 1.88. The number of anilines is 1. The highest BCUT2D eigenvalue weighted by Gasteiger charge is 2.26. The third kappa shape index (κ3) is 5.93. The zero-order valence-corrected chi connectivity index (χ0v) is 15.5. The van der Waals surface area contributed by atoms with Gasteiger partial charge in [-0.1, -0.05) is 12.1 Å². The molecule has 1 unspecified atom stereocenters. The molecule has 0 aliphatic carbocycles. The fourth-order valence-electron chi connectivity index (χ4n) is 2.52. The van der Waals surface area contributed by atoms with Crippen LogP contribution in [0.25, 0.3) is 0 Å². The number of non-ortho nitro benzene ring substituents is 1. The lowest BCUT2D eigenvalue weighted by molar-refractivity contribution is -0.384. The second-order valence-electron chi connectivity index (χ2n) is 6.01. The van der Waals surface area contributed by atoms with Crippen molar-refractivity contribution in [3.63, 3.8) is 0 Å². The van der Waals surface area contributed by atoms with Crippen molar-refractivity contribution in [3.8, 4) is 11.9 Å². The molecule has 0 aliphatic heterocycles. The first kappa shape index (κ1) is 21.2. The summed E-state index contributed by atoms with van der Waals surface area (Å²) < 4.78 is 0. The van der Waals surface area contributed by atoms with Crippen molar-refractivity contribution in [2.75, 3.05) is 11.9 Å². The number of nitriles is 1. The smallest absolute Gasteiger partial charge is 0.319 e. The fourth-order valence-corrected chi connectivity index (χ4v) is 2.52. The van der Waals surface area contributed by atoms with Crippen LogP contribution < -0.4 is 10.6 Å². The van der Waals surface area contributed by atoms with Crippen molar-refractivity contribution in [1.29, 1.82) is 5.26 Å². The Bertz CT molecular complexity index is 922. The van der Waals surface area contributed by atoms with Crippen LogP contribution >= 0.6 is 0 Å². The number of carbonyl (C=O) groups excluding carboxylic acids is 2. The van der Waals surface area contributed by atoms with Gasteiger partial charge in [-0.15, -0.1) is 0 Å². The summed E-state index contributed by atoms with van der Waals surface area (Å²) >= 11 is 0. The number of carbonyl (C=O) groups is 2. The molecule has 29 heavy (non-hydrogen) atoms. The second kappa shape index (κ2) is 9.70. The van der Waals surface area contributed by atoms with Crippen LogP contribution in [0.4, 0.5) is 16.2 Å². The number of benzene rings is 2. The molecule has 0 heterocycles. The monoisotopic (exact) mass is 397 g/mol. The van der Waals surface area contributed by atoms with Gasteiger partial charge in [0.2, 0.25) is 0 Å². The SMILES string of the molecule is CCN(C#N)C(=O)C(Cc1ccc(O)cc1)NC(=O)Nc1ccc([N+](=O)[O-])cc1. The number of nitro benzene ring substituents is 1. The Morgan fingerprint density at radius 2 is 1.83 bits per heavy atom. The van der Waals surface area contributed by atoms with E-state index in [0.29, 0.717) is 11.3 Å². The number of amides is 3. The lowest BCUT2D eigenvalue weighted by atomic mass is 10.0. The van der Waals surface area contributed by atoms with Gasteiger partial charge in [0.15, 0.2) is 6.19 Å². The number of nitrogens with one attached hydrogen (secondary N) is 2. The van der Waals surface area contributed by atoms with Crippen molar-refractivity contribution in [3.05, 3.63) is 64.2 Å². The van der Waals surface area contributed by atoms with Gasteiger partial charge in [0.05, 0.1) is 4.92 Å². The van der Waals surface area contributed by atoms with Gasteiger partial charge in [0.25, 0.3) is 11.6 Å². The summed E-state index contributed by atoms with van der Waals surface area (Å²) in [4.78, 5) is 36.0. The van der Waals surface area contributed by atoms with E-state index in [-0.39, 0.29) is 24.4 Å². The lowest BCUT2D eigenvalue weighted by Gasteiger charge is -2.22. The molecule has 0 spiro atoms. The molecular weight excluding hydrogens is 378 g/mol. The van der Waals surface area contributed by atoms with E-state index in [1.54, 1.807) is 25.2 Å². The van der Waals surface area contributed by atoms with Crippen molar-refractivity contribution in [2.45, 2.75) is 19.4 Å². The van der Waals surface area contributed by atoms with Crippen LogP contribution in [0.5, 0.6) is 5.75 Å². The first-order valence-corrected chi connectivity index (χ1v) is 8.65. The molecular formula is C19H19N5O5. The molecule has 2 rings (SSSR count). The first-order chi connectivity index (χ1) is 13.8. The molecule has 10 heteroatoms. The van der Waals surface area contributed by atoms with E-state index in [2.05, 4.69) is 10.6 Å². The summed E-state index contributed by atoms with van der Waals surface area (Å²) in [7, 11) is 0. The molecule has 10 nitrogen and oxygen atoms in total. The number of phenols is 1. The van der Waals surface area contributed by atoms with Gasteiger partial charge in [-0.3, -0.25) is 14.9 Å². The van der Waals surface area contributed by atoms with E-state index in [1.165, 1.54) is 36.4 Å². The normalized spacial score (nSPS) is 11.0. The summed E-state index contributed by atoms with van der Waals surface area (Å²) in [6, 6.07) is 9.59. The molecule has 0 bridgehead atoms. The summed E-state index contributed by atoms with van der Waals surface area (Å²) in [6.45, 7) is 1.78. The van der Waals surface area contributed by atoms with Gasteiger partial charge in [-0.25, -0.2) is 9.69 Å². The highest BCUT2D eigenvalue weighted by molar-refractivity contribution is 5.94. The molecule has 3 amide bonds. The number of phenolic OH excluding ortho intramolecular Hbond substituents is 1.